The van der Waals surface area contributed by atoms with Gasteiger partial charge < -0.3 is 9.67 Å². The summed E-state index contributed by atoms with van der Waals surface area (Å²) in [6.45, 7) is 3.90. The molecule has 0 saturated heterocycles. The molecule has 0 saturated carbocycles. The van der Waals surface area contributed by atoms with E-state index in [1.807, 2.05) is 48.7 Å². The van der Waals surface area contributed by atoms with E-state index in [0.29, 0.717) is 5.69 Å². The first kappa shape index (κ1) is 24.3. The van der Waals surface area contributed by atoms with Crippen LogP contribution in [0.3, 0.4) is 0 Å². The maximum atomic E-state index is 11.5. The zero-order chi connectivity index (χ0) is 25.1. The van der Waals surface area contributed by atoms with E-state index in [9.17, 15) is 20.0 Å². The molecule has 0 amide bonds. The number of aromatic carboxylic acids is 1. The molecule has 0 atom stereocenters. The van der Waals surface area contributed by atoms with Crippen molar-refractivity contribution in [3.05, 3.63) is 110 Å². The molecule has 1 heterocycles. The van der Waals surface area contributed by atoms with E-state index in [-0.39, 0.29) is 16.3 Å². The molecule has 1 N–H and O–H groups in total. The Morgan fingerprint density at radius 2 is 1.66 bits per heavy atom. The standard InChI is InChI=1S/C26H20ClN3O4S/c1-16-13-18(17(2)29(16)21-7-12-25(27)24(14-21)26(31)32)15-28-19-3-8-22(9-4-19)35-23-10-5-20(6-11-23)30(33)34/h3-15H,1-2H3,(H,31,32). The fraction of sp³-hybridized carbons (Fsp3) is 0.0769. The van der Waals surface area contributed by atoms with Gasteiger partial charge in [-0.25, -0.2) is 4.79 Å². The summed E-state index contributed by atoms with van der Waals surface area (Å²) >= 11 is 7.53. The number of halogens is 1. The second-order valence-electron chi connectivity index (χ2n) is 7.74. The number of aryl methyl sites for hydroxylation is 1. The predicted molar refractivity (Wildman–Crippen MR) is 138 cm³/mol. The highest BCUT2D eigenvalue weighted by molar-refractivity contribution is 7.99. The third-order valence-corrected chi connectivity index (χ3v) is 6.73. The monoisotopic (exact) mass is 505 g/mol. The number of benzene rings is 3. The molecule has 0 aliphatic heterocycles. The Morgan fingerprint density at radius 1 is 1.03 bits per heavy atom. The highest BCUT2D eigenvalue weighted by atomic mass is 35.5. The average Bonchev–Trinajstić information content (AvgIpc) is 3.12. The van der Waals surface area contributed by atoms with E-state index in [1.54, 1.807) is 36.5 Å². The first-order valence-corrected chi connectivity index (χ1v) is 11.7. The number of aliphatic imine (C=N–C) groups is 1. The normalized spacial score (nSPS) is 11.2. The molecule has 9 heteroatoms. The number of nitrogens with zero attached hydrogens (tertiary/aromatic N) is 3. The van der Waals surface area contributed by atoms with E-state index in [4.69, 9.17) is 11.6 Å². The fourth-order valence-corrected chi connectivity index (χ4v) is 4.66. The molecule has 3 aromatic carbocycles. The molecule has 0 spiro atoms. The van der Waals surface area contributed by atoms with Gasteiger partial charge in [0.05, 0.1) is 21.2 Å². The second-order valence-corrected chi connectivity index (χ2v) is 9.29. The van der Waals surface area contributed by atoms with E-state index in [0.717, 1.165) is 32.4 Å². The van der Waals surface area contributed by atoms with Crippen molar-refractivity contribution in [3.8, 4) is 5.69 Å². The lowest BCUT2D eigenvalue weighted by atomic mass is 10.2. The van der Waals surface area contributed by atoms with Crippen LogP contribution in [0.25, 0.3) is 5.69 Å². The minimum Gasteiger partial charge on any atom is -0.478 e. The summed E-state index contributed by atoms with van der Waals surface area (Å²) in [5.74, 6) is -1.07. The maximum absolute atomic E-state index is 11.5. The van der Waals surface area contributed by atoms with Crippen LogP contribution in [-0.2, 0) is 0 Å². The fourth-order valence-electron chi connectivity index (χ4n) is 3.65. The Labute approximate surface area is 210 Å². The van der Waals surface area contributed by atoms with Crippen molar-refractivity contribution < 1.29 is 14.8 Å². The quantitative estimate of drug-likeness (QED) is 0.162. The smallest absolute Gasteiger partial charge is 0.337 e. The van der Waals surface area contributed by atoms with Crippen LogP contribution in [0.5, 0.6) is 0 Å². The van der Waals surface area contributed by atoms with Gasteiger partial charge in [0.1, 0.15) is 0 Å². The van der Waals surface area contributed by atoms with Gasteiger partial charge in [0.25, 0.3) is 5.69 Å². The SMILES string of the molecule is Cc1cc(C=Nc2ccc(Sc3ccc([N+](=O)[O-])cc3)cc2)c(C)n1-c1ccc(Cl)c(C(=O)O)c1. The number of nitro groups is 1. The van der Waals surface area contributed by atoms with Crippen LogP contribution in [0.4, 0.5) is 11.4 Å². The van der Waals surface area contributed by atoms with Gasteiger partial charge in [-0.05, 0) is 74.5 Å². The van der Waals surface area contributed by atoms with Gasteiger partial charge in [-0.3, -0.25) is 15.1 Å². The average molecular weight is 506 g/mol. The molecule has 176 valence electrons. The van der Waals surface area contributed by atoms with Crippen molar-refractivity contribution in [2.45, 2.75) is 23.6 Å². The van der Waals surface area contributed by atoms with Crippen LogP contribution in [0.1, 0.15) is 27.3 Å². The highest BCUT2D eigenvalue weighted by Gasteiger charge is 2.14. The molecule has 1 aromatic heterocycles. The van der Waals surface area contributed by atoms with Crippen LogP contribution < -0.4 is 0 Å². The first-order chi connectivity index (χ1) is 16.7. The van der Waals surface area contributed by atoms with E-state index in [1.165, 1.54) is 23.9 Å². The summed E-state index contributed by atoms with van der Waals surface area (Å²) in [6, 6.07) is 21.1. The lowest BCUT2D eigenvalue weighted by Gasteiger charge is -2.11. The van der Waals surface area contributed by atoms with Gasteiger partial charge in [-0.15, -0.1) is 0 Å². The summed E-state index contributed by atoms with van der Waals surface area (Å²) < 4.78 is 1.97. The number of carboxylic acids is 1. The molecule has 0 fully saturated rings. The highest BCUT2D eigenvalue weighted by Crippen LogP contribution is 2.30. The van der Waals surface area contributed by atoms with Gasteiger partial charge >= 0.3 is 5.97 Å². The third-order valence-electron chi connectivity index (χ3n) is 5.38. The van der Waals surface area contributed by atoms with Crippen LogP contribution in [0.15, 0.2) is 87.6 Å². The molecule has 0 radical (unpaired) electrons. The Hall–Kier alpha value is -3.88. The summed E-state index contributed by atoms with van der Waals surface area (Å²) in [6.07, 6.45) is 1.78. The zero-order valence-corrected chi connectivity index (χ0v) is 20.4. The number of rotatable bonds is 7. The van der Waals surface area contributed by atoms with Crippen molar-refractivity contribution in [1.29, 1.82) is 0 Å². The van der Waals surface area contributed by atoms with E-state index < -0.39 is 10.9 Å². The molecule has 0 bridgehead atoms. The number of hydrogen-bond donors (Lipinski definition) is 1. The number of hydrogen-bond acceptors (Lipinski definition) is 5. The number of non-ortho nitro benzene ring substituents is 1. The Balaban J connectivity index is 1.51. The molecule has 0 aliphatic rings. The number of carboxylic acid groups (broad SMARTS) is 1. The third kappa shape index (κ3) is 5.45. The molecule has 0 unspecified atom stereocenters. The lowest BCUT2D eigenvalue weighted by Crippen LogP contribution is -2.03. The zero-order valence-electron chi connectivity index (χ0n) is 18.8. The predicted octanol–water partition coefficient (Wildman–Crippen LogP) is 7.26. The Morgan fingerprint density at radius 3 is 2.26 bits per heavy atom. The maximum Gasteiger partial charge on any atom is 0.337 e. The number of nitro benzene ring substituents is 1. The lowest BCUT2D eigenvalue weighted by molar-refractivity contribution is -0.384. The van der Waals surface area contributed by atoms with Crippen LogP contribution in [0, 0.1) is 24.0 Å². The molecule has 4 rings (SSSR count). The second kappa shape index (κ2) is 10.2. The molecule has 4 aromatic rings. The van der Waals surface area contributed by atoms with Crippen molar-refractivity contribution in [2.75, 3.05) is 0 Å². The molecule has 7 nitrogen and oxygen atoms in total. The summed E-state index contributed by atoms with van der Waals surface area (Å²) in [5, 5.41) is 20.4. The topological polar surface area (TPSA) is 97.7 Å². The van der Waals surface area contributed by atoms with Crippen molar-refractivity contribution >= 4 is 46.9 Å². The minimum absolute atomic E-state index is 0.0542. The van der Waals surface area contributed by atoms with Gasteiger partial charge in [0, 0.05) is 50.8 Å². The Kier molecular flexibility index (Phi) is 7.04. The Bertz CT molecular complexity index is 1440. The number of carbonyl (C=O) groups is 1. The van der Waals surface area contributed by atoms with Gasteiger partial charge in [-0.2, -0.15) is 0 Å². The molecular formula is C26H20ClN3O4S. The van der Waals surface area contributed by atoms with Crippen LogP contribution in [0.2, 0.25) is 5.02 Å². The first-order valence-electron chi connectivity index (χ1n) is 10.5. The minimum atomic E-state index is -1.07. The van der Waals surface area contributed by atoms with Crippen LogP contribution >= 0.6 is 23.4 Å². The van der Waals surface area contributed by atoms with Crippen LogP contribution in [-0.4, -0.2) is 26.8 Å². The van der Waals surface area contributed by atoms with Crippen molar-refractivity contribution in [2.24, 2.45) is 4.99 Å². The van der Waals surface area contributed by atoms with Gasteiger partial charge in [0.2, 0.25) is 0 Å². The van der Waals surface area contributed by atoms with E-state index in [2.05, 4.69) is 4.99 Å². The molecular weight excluding hydrogens is 486 g/mol. The van der Waals surface area contributed by atoms with Gasteiger partial charge in [0.15, 0.2) is 0 Å². The summed E-state index contributed by atoms with van der Waals surface area (Å²) in [4.78, 5) is 28.3. The molecule has 0 aliphatic carbocycles. The summed E-state index contributed by atoms with van der Waals surface area (Å²) in [5.41, 5.74) is 4.40. The largest absolute Gasteiger partial charge is 0.478 e. The van der Waals surface area contributed by atoms with Crippen molar-refractivity contribution in [1.82, 2.24) is 4.57 Å². The van der Waals surface area contributed by atoms with E-state index >= 15 is 0 Å². The van der Waals surface area contributed by atoms with Gasteiger partial charge in [-0.1, -0.05) is 23.4 Å². The number of aromatic nitrogens is 1. The summed E-state index contributed by atoms with van der Waals surface area (Å²) in [7, 11) is 0. The molecule has 35 heavy (non-hydrogen) atoms. The van der Waals surface area contributed by atoms with Crippen molar-refractivity contribution in [3.63, 3.8) is 0 Å².